The fourth-order valence-corrected chi connectivity index (χ4v) is 3.50. The largest absolute Gasteiger partial charge is 0.336 e. The summed E-state index contributed by atoms with van der Waals surface area (Å²) in [5.41, 5.74) is 2.74. The number of amides is 2. The molecule has 2 heterocycles. The predicted octanol–water partition coefficient (Wildman–Crippen LogP) is 3.01. The maximum absolute atomic E-state index is 12.6. The lowest BCUT2D eigenvalue weighted by atomic mass is 10.1. The Hall–Kier alpha value is -2.47. The van der Waals surface area contributed by atoms with Crippen molar-refractivity contribution in [2.24, 2.45) is 0 Å². The molecule has 3 rings (SSSR count). The van der Waals surface area contributed by atoms with Crippen molar-refractivity contribution in [3.8, 4) is 0 Å². The van der Waals surface area contributed by atoms with Crippen LogP contribution in [0.5, 0.6) is 0 Å². The van der Waals surface area contributed by atoms with Crippen molar-refractivity contribution in [1.82, 2.24) is 14.8 Å². The lowest BCUT2D eigenvalue weighted by Gasteiger charge is -2.34. The Morgan fingerprint density at radius 2 is 1.77 bits per heavy atom. The average Bonchev–Trinajstić information content (AvgIpc) is 3.11. The summed E-state index contributed by atoms with van der Waals surface area (Å²) in [4.78, 5) is 32.8. The molecule has 26 heavy (non-hydrogen) atoms. The Balaban J connectivity index is 1.53. The third-order valence-corrected chi connectivity index (χ3v) is 5.31. The number of benzene rings is 1. The summed E-state index contributed by atoms with van der Waals surface area (Å²) in [7, 11) is 0. The average molecular weight is 369 g/mol. The molecule has 5 nitrogen and oxygen atoms in total. The number of aromatic nitrogens is 1. The molecule has 136 valence electrons. The zero-order chi connectivity index (χ0) is 18.5. The minimum absolute atomic E-state index is 0.0324. The van der Waals surface area contributed by atoms with Crippen LogP contribution in [0, 0.1) is 6.92 Å². The van der Waals surface area contributed by atoms with Crippen LogP contribution in [0.1, 0.15) is 33.5 Å². The fraction of sp³-hybridized carbons (Fsp3) is 0.350. The van der Waals surface area contributed by atoms with E-state index < -0.39 is 0 Å². The molecular formula is C20H23N3O2S. The van der Waals surface area contributed by atoms with E-state index in [1.807, 2.05) is 41.5 Å². The Morgan fingerprint density at radius 3 is 2.35 bits per heavy atom. The second-order valence-electron chi connectivity index (χ2n) is 6.29. The van der Waals surface area contributed by atoms with Gasteiger partial charge in [-0.1, -0.05) is 19.1 Å². The summed E-state index contributed by atoms with van der Waals surface area (Å²) in [5, 5.41) is 2.91. The van der Waals surface area contributed by atoms with Crippen LogP contribution < -0.4 is 0 Å². The van der Waals surface area contributed by atoms with E-state index in [2.05, 4.69) is 11.9 Å². The first kappa shape index (κ1) is 18.3. The SMILES string of the molecule is CCc1ccc(C(=O)N2CCN(C(=O)/C=C/c3csc(C)n3)CC2)cc1. The van der Waals surface area contributed by atoms with Crippen LogP contribution in [0.25, 0.3) is 6.08 Å². The maximum Gasteiger partial charge on any atom is 0.253 e. The van der Waals surface area contributed by atoms with Gasteiger partial charge in [0.2, 0.25) is 5.91 Å². The Bertz CT molecular complexity index is 803. The molecule has 0 saturated carbocycles. The maximum atomic E-state index is 12.6. The topological polar surface area (TPSA) is 53.5 Å². The van der Waals surface area contributed by atoms with Crippen molar-refractivity contribution in [1.29, 1.82) is 0 Å². The molecule has 6 heteroatoms. The van der Waals surface area contributed by atoms with E-state index in [0.29, 0.717) is 31.7 Å². The number of nitrogens with zero attached hydrogens (tertiary/aromatic N) is 3. The van der Waals surface area contributed by atoms with Gasteiger partial charge < -0.3 is 9.80 Å². The smallest absolute Gasteiger partial charge is 0.253 e. The Kier molecular flexibility index (Phi) is 5.83. The standard InChI is InChI=1S/C20H23N3O2S/c1-3-16-4-6-17(7-5-16)20(25)23-12-10-22(11-13-23)19(24)9-8-18-14-26-15(2)21-18/h4-9,14H,3,10-13H2,1-2H3/b9-8+. The number of carbonyl (C=O) groups excluding carboxylic acids is 2. The molecule has 1 saturated heterocycles. The monoisotopic (exact) mass is 369 g/mol. The van der Waals surface area contributed by atoms with Gasteiger partial charge in [0.05, 0.1) is 10.7 Å². The van der Waals surface area contributed by atoms with E-state index >= 15 is 0 Å². The minimum atomic E-state index is -0.0324. The summed E-state index contributed by atoms with van der Waals surface area (Å²) in [6, 6.07) is 7.77. The van der Waals surface area contributed by atoms with Gasteiger partial charge in [0.15, 0.2) is 0 Å². The fourth-order valence-electron chi connectivity index (χ4n) is 2.91. The van der Waals surface area contributed by atoms with Gasteiger partial charge in [-0.25, -0.2) is 4.98 Å². The summed E-state index contributed by atoms with van der Waals surface area (Å²) in [5.74, 6) is 0.00305. The molecule has 0 aliphatic carbocycles. The molecule has 2 amide bonds. The van der Waals surface area contributed by atoms with Crippen molar-refractivity contribution in [3.63, 3.8) is 0 Å². The van der Waals surface area contributed by atoms with Crippen LogP contribution in [0.3, 0.4) is 0 Å². The normalized spacial score (nSPS) is 14.8. The van der Waals surface area contributed by atoms with E-state index in [1.165, 1.54) is 5.56 Å². The second-order valence-corrected chi connectivity index (χ2v) is 7.35. The highest BCUT2D eigenvalue weighted by molar-refractivity contribution is 7.09. The van der Waals surface area contributed by atoms with Crippen molar-refractivity contribution < 1.29 is 9.59 Å². The number of aryl methyl sites for hydroxylation is 2. The van der Waals surface area contributed by atoms with Crippen LogP contribution in [0.15, 0.2) is 35.7 Å². The summed E-state index contributed by atoms with van der Waals surface area (Å²) in [6.07, 6.45) is 4.28. The van der Waals surface area contributed by atoms with Gasteiger partial charge in [-0.15, -0.1) is 11.3 Å². The van der Waals surface area contributed by atoms with Crippen LogP contribution in [-0.2, 0) is 11.2 Å². The molecule has 1 aliphatic heterocycles. The predicted molar refractivity (Wildman–Crippen MR) is 104 cm³/mol. The van der Waals surface area contributed by atoms with Crippen molar-refractivity contribution >= 4 is 29.2 Å². The zero-order valence-electron chi connectivity index (χ0n) is 15.1. The van der Waals surface area contributed by atoms with E-state index in [-0.39, 0.29) is 11.8 Å². The van der Waals surface area contributed by atoms with Crippen LogP contribution >= 0.6 is 11.3 Å². The molecule has 0 N–H and O–H groups in total. The highest BCUT2D eigenvalue weighted by Gasteiger charge is 2.23. The summed E-state index contributed by atoms with van der Waals surface area (Å²) < 4.78 is 0. The molecule has 2 aromatic rings. The first-order valence-electron chi connectivity index (χ1n) is 8.84. The molecule has 1 aromatic heterocycles. The van der Waals surface area contributed by atoms with Crippen LogP contribution in [-0.4, -0.2) is 52.8 Å². The molecule has 1 aromatic carbocycles. The zero-order valence-corrected chi connectivity index (χ0v) is 16.0. The number of hydrogen-bond donors (Lipinski definition) is 0. The van der Waals surface area contributed by atoms with E-state index in [1.54, 1.807) is 28.4 Å². The van der Waals surface area contributed by atoms with E-state index in [9.17, 15) is 9.59 Å². The van der Waals surface area contributed by atoms with Crippen LogP contribution in [0.2, 0.25) is 0 Å². The molecule has 0 atom stereocenters. The molecule has 0 radical (unpaired) electrons. The van der Waals surface area contributed by atoms with E-state index in [0.717, 1.165) is 17.1 Å². The van der Waals surface area contributed by atoms with Gasteiger partial charge >= 0.3 is 0 Å². The van der Waals surface area contributed by atoms with Crippen LogP contribution in [0.4, 0.5) is 0 Å². The summed E-state index contributed by atoms with van der Waals surface area (Å²) in [6.45, 7) is 6.26. The third-order valence-electron chi connectivity index (χ3n) is 4.52. The molecule has 1 aliphatic rings. The lowest BCUT2D eigenvalue weighted by Crippen LogP contribution is -2.50. The molecule has 0 spiro atoms. The van der Waals surface area contributed by atoms with Gasteiger partial charge in [0.1, 0.15) is 0 Å². The molecule has 0 bridgehead atoms. The quantitative estimate of drug-likeness (QED) is 0.779. The van der Waals surface area contributed by atoms with Crippen molar-refractivity contribution in [3.05, 3.63) is 57.6 Å². The highest BCUT2D eigenvalue weighted by Crippen LogP contribution is 2.12. The highest BCUT2D eigenvalue weighted by atomic mass is 32.1. The number of carbonyl (C=O) groups is 2. The molecular weight excluding hydrogens is 346 g/mol. The number of thiazole rings is 1. The molecule has 1 fully saturated rings. The molecule has 0 unspecified atom stereocenters. The second kappa shape index (κ2) is 8.27. The number of piperazine rings is 1. The van der Waals surface area contributed by atoms with E-state index in [4.69, 9.17) is 0 Å². The Labute approximate surface area is 158 Å². The van der Waals surface area contributed by atoms with Gasteiger partial charge in [-0.3, -0.25) is 9.59 Å². The Morgan fingerprint density at radius 1 is 1.12 bits per heavy atom. The van der Waals surface area contributed by atoms with Gasteiger partial charge in [0, 0.05) is 43.2 Å². The van der Waals surface area contributed by atoms with Crippen molar-refractivity contribution in [2.45, 2.75) is 20.3 Å². The first-order chi connectivity index (χ1) is 12.6. The lowest BCUT2D eigenvalue weighted by molar-refractivity contribution is -0.127. The minimum Gasteiger partial charge on any atom is -0.336 e. The summed E-state index contributed by atoms with van der Waals surface area (Å²) >= 11 is 1.56. The van der Waals surface area contributed by atoms with Gasteiger partial charge in [-0.2, -0.15) is 0 Å². The number of hydrogen-bond acceptors (Lipinski definition) is 4. The van der Waals surface area contributed by atoms with Crippen molar-refractivity contribution in [2.75, 3.05) is 26.2 Å². The third kappa shape index (κ3) is 4.38. The van der Waals surface area contributed by atoms with Gasteiger partial charge in [-0.05, 0) is 37.1 Å². The first-order valence-corrected chi connectivity index (χ1v) is 9.72. The van der Waals surface area contributed by atoms with Gasteiger partial charge in [0.25, 0.3) is 5.91 Å². The number of rotatable bonds is 4.